The quantitative estimate of drug-likeness (QED) is 0.521. The third-order valence-corrected chi connectivity index (χ3v) is 5.41. The van der Waals surface area contributed by atoms with Gasteiger partial charge in [0.15, 0.2) is 0 Å². The number of rotatable bonds is 4. The van der Waals surface area contributed by atoms with Gasteiger partial charge in [0.2, 0.25) is 0 Å². The molecule has 0 unspecified atom stereocenters. The van der Waals surface area contributed by atoms with E-state index < -0.39 is 0 Å². The Bertz CT molecular complexity index is 1020. The summed E-state index contributed by atoms with van der Waals surface area (Å²) < 4.78 is 0. The maximum absolute atomic E-state index is 4.85. The molecule has 0 aliphatic heterocycles. The van der Waals surface area contributed by atoms with E-state index in [-0.39, 0.29) is 0 Å². The van der Waals surface area contributed by atoms with Crippen molar-refractivity contribution in [1.82, 2.24) is 9.97 Å². The molecule has 1 N–H and O–H groups in total. The molecular formula is C21H19N3S. The highest BCUT2D eigenvalue weighted by atomic mass is 32.1. The van der Waals surface area contributed by atoms with Gasteiger partial charge in [0.05, 0.1) is 5.69 Å². The van der Waals surface area contributed by atoms with Gasteiger partial charge in [0.25, 0.3) is 0 Å². The van der Waals surface area contributed by atoms with Crippen LogP contribution in [0.4, 0.5) is 5.82 Å². The largest absolute Gasteiger partial charge is 0.373 e. The molecule has 0 amide bonds. The van der Waals surface area contributed by atoms with Crippen molar-refractivity contribution < 1.29 is 0 Å². The third kappa shape index (κ3) is 3.13. The molecule has 1 aromatic carbocycles. The number of pyridine rings is 2. The zero-order valence-electron chi connectivity index (χ0n) is 14.3. The van der Waals surface area contributed by atoms with Crippen LogP contribution in [0.2, 0.25) is 0 Å². The van der Waals surface area contributed by atoms with Crippen LogP contribution in [0.15, 0.2) is 60.8 Å². The second-order valence-electron chi connectivity index (χ2n) is 5.94. The molecule has 4 heteroatoms. The van der Waals surface area contributed by atoms with Crippen LogP contribution in [0.25, 0.3) is 31.9 Å². The standard InChI is InChI=1S/C21H19N3S/c1-3-14-5-4-6-15(11-14)19-12-16-7-9-18(24-21(16)25-19)17-8-10-20(22-2)23-13-17/h4-13H,3H2,1-2H3,(H,22,23). The van der Waals surface area contributed by atoms with E-state index >= 15 is 0 Å². The number of benzene rings is 1. The fourth-order valence-electron chi connectivity index (χ4n) is 2.86. The van der Waals surface area contributed by atoms with Crippen LogP contribution in [0.1, 0.15) is 12.5 Å². The van der Waals surface area contributed by atoms with Crippen molar-refractivity contribution in [2.24, 2.45) is 0 Å². The third-order valence-electron chi connectivity index (χ3n) is 4.32. The Morgan fingerprint density at radius 1 is 1.00 bits per heavy atom. The molecule has 124 valence electrons. The molecule has 0 bridgehead atoms. The normalized spacial score (nSPS) is 11.0. The predicted octanol–water partition coefficient (Wildman–Crippen LogP) is 5.63. The summed E-state index contributed by atoms with van der Waals surface area (Å²) in [5.41, 5.74) is 4.62. The molecule has 0 saturated carbocycles. The van der Waals surface area contributed by atoms with Crippen molar-refractivity contribution in [3.63, 3.8) is 0 Å². The van der Waals surface area contributed by atoms with Crippen LogP contribution >= 0.6 is 11.3 Å². The Morgan fingerprint density at radius 2 is 1.92 bits per heavy atom. The number of nitrogens with zero attached hydrogens (tertiary/aromatic N) is 2. The molecule has 0 spiro atoms. The summed E-state index contributed by atoms with van der Waals surface area (Å²) >= 11 is 1.74. The summed E-state index contributed by atoms with van der Waals surface area (Å²) in [6.07, 6.45) is 2.91. The molecule has 3 aromatic heterocycles. The van der Waals surface area contributed by atoms with E-state index in [1.807, 2.05) is 25.4 Å². The van der Waals surface area contributed by atoms with E-state index in [1.54, 1.807) is 11.3 Å². The summed E-state index contributed by atoms with van der Waals surface area (Å²) in [4.78, 5) is 11.6. The van der Waals surface area contributed by atoms with Gasteiger partial charge in [0.1, 0.15) is 10.6 Å². The molecule has 0 aliphatic carbocycles. The van der Waals surface area contributed by atoms with Gasteiger partial charge < -0.3 is 5.32 Å². The SMILES string of the molecule is CCc1cccc(-c2cc3ccc(-c4ccc(NC)nc4)nc3s2)c1. The first kappa shape index (κ1) is 15.8. The molecule has 0 fully saturated rings. The maximum Gasteiger partial charge on any atom is 0.125 e. The first-order valence-electron chi connectivity index (χ1n) is 8.41. The van der Waals surface area contributed by atoms with Gasteiger partial charge in [-0.15, -0.1) is 11.3 Å². The van der Waals surface area contributed by atoms with E-state index in [1.165, 1.54) is 21.4 Å². The molecule has 4 aromatic rings. The number of aryl methyl sites for hydroxylation is 1. The van der Waals surface area contributed by atoms with Crippen LogP contribution in [0.5, 0.6) is 0 Å². The molecule has 0 radical (unpaired) electrons. The average molecular weight is 345 g/mol. The molecule has 25 heavy (non-hydrogen) atoms. The monoisotopic (exact) mass is 345 g/mol. The van der Waals surface area contributed by atoms with E-state index in [4.69, 9.17) is 4.98 Å². The van der Waals surface area contributed by atoms with Crippen molar-refractivity contribution in [1.29, 1.82) is 0 Å². The first-order chi connectivity index (χ1) is 12.3. The second kappa shape index (κ2) is 6.65. The van der Waals surface area contributed by atoms with Crippen LogP contribution in [-0.4, -0.2) is 17.0 Å². The molecular weight excluding hydrogens is 326 g/mol. The van der Waals surface area contributed by atoms with E-state index in [2.05, 4.69) is 59.7 Å². The highest BCUT2D eigenvalue weighted by Crippen LogP contribution is 2.34. The van der Waals surface area contributed by atoms with Gasteiger partial charge in [-0.2, -0.15) is 0 Å². The smallest absolute Gasteiger partial charge is 0.125 e. The molecule has 4 rings (SSSR count). The number of aromatic nitrogens is 2. The number of thiophene rings is 1. The zero-order valence-corrected chi connectivity index (χ0v) is 15.1. The lowest BCUT2D eigenvalue weighted by Gasteiger charge is -2.02. The number of hydrogen-bond acceptors (Lipinski definition) is 4. The summed E-state index contributed by atoms with van der Waals surface area (Å²) in [6.45, 7) is 2.19. The van der Waals surface area contributed by atoms with Crippen molar-refractivity contribution in [3.8, 4) is 21.7 Å². The van der Waals surface area contributed by atoms with Crippen molar-refractivity contribution in [2.75, 3.05) is 12.4 Å². The fraction of sp³-hybridized carbons (Fsp3) is 0.143. The van der Waals surface area contributed by atoms with Gasteiger partial charge in [-0.1, -0.05) is 31.2 Å². The van der Waals surface area contributed by atoms with E-state index in [0.717, 1.165) is 28.3 Å². The van der Waals surface area contributed by atoms with Gasteiger partial charge in [-0.05, 0) is 47.9 Å². The Morgan fingerprint density at radius 3 is 2.68 bits per heavy atom. The van der Waals surface area contributed by atoms with Crippen molar-refractivity contribution in [3.05, 3.63) is 66.4 Å². The molecule has 3 nitrogen and oxygen atoms in total. The summed E-state index contributed by atoms with van der Waals surface area (Å²) in [5.74, 6) is 0.860. The maximum atomic E-state index is 4.85. The van der Waals surface area contributed by atoms with Gasteiger partial charge in [0, 0.05) is 29.1 Å². The lowest BCUT2D eigenvalue weighted by Crippen LogP contribution is -1.91. The molecule has 0 aliphatic rings. The average Bonchev–Trinajstić information content (AvgIpc) is 3.11. The predicted molar refractivity (Wildman–Crippen MR) is 107 cm³/mol. The first-order valence-corrected chi connectivity index (χ1v) is 9.22. The highest BCUT2D eigenvalue weighted by Gasteiger charge is 2.08. The number of fused-ring (bicyclic) bond motifs is 1. The summed E-state index contributed by atoms with van der Waals surface area (Å²) in [7, 11) is 1.87. The number of anilines is 1. The minimum absolute atomic E-state index is 0.860. The van der Waals surface area contributed by atoms with Crippen LogP contribution < -0.4 is 5.32 Å². The van der Waals surface area contributed by atoms with Crippen molar-refractivity contribution >= 4 is 27.4 Å². The Hall–Kier alpha value is -2.72. The zero-order chi connectivity index (χ0) is 17.2. The number of hydrogen-bond donors (Lipinski definition) is 1. The highest BCUT2D eigenvalue weighted by molar-refractivity contribution is 7.21. The van der Waals surface area contributed by atoms with Crippen LogP contribution in [0.3, 0.4) is 0 Å². The van der Waals surface area contributed by atoms with E-state index in [9.17, 15) is 0 Å². The molecule has 0 atom stereocenters. The van der Waals surface area contributed by atoms with Crippen LogP contribution in [0, 0.1) is 0 Å². The minimum Gasteiger partial charge on any atom is -0.373 e. The lowest BCUT2D eigenvalue weighted by molar-refractivity contribution is 1.14. The van der Waals surface area contributed by atoms with Gasteiger partial charge in [-0.3, -0.25) is 0 Å². The molecule has 3 heterocycles. The van der Waals surface area contributed by atoms with Gasteiger partial charge >= 0.3 is 0 Å². The fourth-order valence-corrected chi connectivity index (χ4v) is 3.89. The van der Waals surface area contributed by atoms with Crippen molar-refractivity contribution in [2.45, 2.75) is 13.3 Å². The van der Waals surface area contributed by atoms with E-state index in [0.29, 0.717) is 0 Å². The molecule has 0 saturated heterocycles. The number of nitrogens with one attached hydrogen (secondary N) is 1. The Labute approximate surface area is 151 Å². The topological polar surface area (TPSA) is 37.8 Å². The second-order valence-corrected chi connectivity index (χ2v) is 6.97. The summed E-state index contributed by atoms with van der Waals surface area (Å²) in [5, 5.41) is 4.22. The Kier molecular flexibility index (Phi) is 4.20. The minimum atomic E-state index is 0.860. The Balaban J connectivity index is 1.73. The lowest BCUT2D eigenvalue weighted by atomic mass is 10.1. The van der Waals surface area contributed by atoms with Gasteiger partial charge in [-0.25, -0.2) is 9.97 Å². The summed E-state index contributed by atoms with van der Waals surface area (Å²) in [6, 6.07) is 19.2. The van der Waals surface area contributed by atoms with Crippen LogP contribution in [-0.2, 0) is 6.42 Å².